The molecular weight excluding hydrogens is 362 g/mol. The number of amides is 1. The maximum atomic E-state index is 12.7. The Morgan fingerprint density at radius 3 is 2.61 bits per heavy atom. The number of benzene rings is 1. The maximum Gasteiger partial charge on any atom is 0.337 e. The van der Waals surface area contributed by atoms with Crippen LogP contribution in [0.15, 0.2) is 29.5 Å². The molecule has 2 N–H and O–H groups in total. The number of hydrogen-bond acceptors (Lipinski definition) is 7. The molecule has 0 radical (unpaired) electrons. The quantitative estimate of drug-likeness (QED) is 0.681. The fourth-order valence-electron chi connectivity index (χ4n) is 3.62. The van der Waals surface area contributed by atoms with Gasteiger partial charge in [0.15, 0.2) is 0 Å². The van der Waals surface area contributed by atoms with Gasteiger partial charge < -0.3 is 29.7 Å². The van der Waals surface area contributed by atoms with E-state index >= 15 is 0 Å². The largest absolute Gasteiger partial charge is 0.494 e. The van der Waals surface area contributed by atoms with E-state index in [-0.39, 0.29) is 36.9 Å². The van der Waals surface area contributed by atoms with Crippen LogP contribution < -0.4 is 15.0 Å². The molecule has 0 atom stereocenters. The first kappa shape index (κ1) is 20.0. The van der Waals surface area contributed by atoms with Crippen LogP contribution in [0.25, 0.3) is 0 Å². The van der Waals surface area contributed by atoms with Gasteiger partial charge in [-0.1, -0.05) is 0 Å². The molecule has 1 aromatic carbocycles. The Labute approximate surface area is 164 Å². The van der Waals surface area contributed by atoms with Crippen molar-refractivity contribution in [2.24, 2.45) is 0 Å². The van der Waals surface area contributed by atoms with Crippen molar-refractivity contribution in [3.63, 3.8) is 0 Å². The second kappa shape index (κ2) is 8.97. The Hall–Kier alpha value is -2.74. The highest BCUT2D eigenvalue weighted by Gasteiger charge is 2.34. The molecule has 8 heteroatoms. The predicted octanol–water partition coefficient (Wildman–Crippen LogP) is 1.36. The molecule has 0 unspecified atom stereocenters. The number of carbonyl (C=O) groups excluding carboxylic acids is 2. The SMILES string of the molecule is COC(=O)C1=C(Nc2ccc(N3CCCCC3)cc2OC)C(=O)N(CCO)C1. The van der Waals surface area contributed by atoms with Crippen LogP contribution in [-0.4, -0.2) is 68.9 Å². The molecular formula is C20H27N3O5. The van der Waals surface area contributed by atoms with Gasteiger partial charge in [-0.3, -0.25) is 4.79 Å². The first-order valence-corrected chi connectivity index (χ1v) is 9.50. The van der Waals surface area contributed by atoms with Crippen molar-refractivity contribution < 1.29 is 24.2 Å². The average molecular weight is 389 g/mol. The summed E-state index contributed by atoms with van der Waals surface area (Å²) in [6.07, 6.45) is 3.60. The molecule has 0 spiro atoms. The second-order valence-corrected chi connectivity index (χ2v) is 6.85. The topological polar surface area (TPSA) is 91.3 Å². The molecule has 1 amide bonds. The highest BCUT2D eigenvalue weighted by Crippen LogP contribution is 2.33. The lowest BCUT2D eigenvalue weighted by Crippen LogP contribution is -2.31. The number of nitrogens with one attached hydrogen (secondary N) is 1. The van der Waals surface area contributed by atoms with Crippen LogP contribution in [0.1, 0.15) is 19.3 Å². The van der Waals surface area contributed by atoms with E-state index in [9.17, 15) is 9.59 Å². The van der Waals surface area contributed by atoms with E-state index in [1.807, 2.05) is 18.2 Å². The van der Waals surface area contributed by atoms with E-state index < -0.39 is 5.97 Å². The molecule has 28 heavy (non-hydrogen) atoms. The van der Waals surface area contributed by atoms with E-state index in [0.29, 0.717) is 11.4 Å². The Morgan fingerprint density at radius 1 is 1.21 bits per heavy atom. The zero-order chi connectivity index (χ0) is 20.1. The molecule has 0 aliphatic carbocycles. The third-order valence-electron chi connectivity index (χ3n) is 5.12. The molecule has 2 heterocycles. The molecule has 0 aromatic heterocycles. The van der Waals surface area contributed by atoms with E-state index in [0.717, 1.165) is 18.8 Å². The fraction of sp³-hybridized carbons (Fsp3) is 0.500. The van der Waals surface area contributed by atoms with Gasteiger partial charge in [0.25, 0.3) is 5.91 Å². The predicted molar refractivity (Wildman–Crippen MR) is 105 cm³/mol. The smallest absolute Gasteiger partial charge is 0.337 e. The molecule has 8 nitrogen and oxygen atoms in total. The third kappa shape index (κ3) is 4.06. The van der Waals surface area contributed by atoms with Crippen molar-refractivity contribution in [3.05, 3.63) is 29.5 Å². The number of anilines is 2. The number of esters is 1. The summed E-state index contributed by atoms with van der Waals surface area (Å²) in [6.45, 7) is 2.10. The van der Waals surface area contributed by atoms with Crippen LogP contribution in [-0.2, 0) is 14.3 Å². The summed E-state index contributed by atoms with van der Waals surface area (Å²) < 4.78 is 10.3. The average Bonchev–Trinajstić information content (AvgIpc) is 3.04. The van der Waals surface area contributed by atoms with Crippen molar-refractivity contribution in [2.45, 2.75) is 19.3 Å². The lowest BCUT2D eigenvalue weighted by Gasteiger charge is -2.29. The molecule has 2 aliphatic heterocycles. The van der Waals surface area contributed by atoms with Gasteiger partial charge in [0.05, 0.1) is 38.6 Å². The molecule has 0 saturated carbocycles. The minimum Gasteiger partial charge on any atom is -0.494 e. The highest BCUT2D eigenvalue weighted by molar-refractivity contribution is 6.08. The Kier molecular flexibility index (Phi) is 6.41. The molecule has 152 valence electrons. The van der Waals surface area contributed by atoms with Crippen LogP contribution >= 0.6 is 0 Å². The van der Waals surface area contributed by atoms with Gasteiger partial charge in [-0.15, -0.1) is 0 Å². The van der Waals surface area contributed by atoms with Gasteiger partial charge >= 0.3 is 5.97 Å². The van der Waals surface area contributed by atoms with Crippen LogP contribution in [0, 0.1) is 0 Å². The number of piperidine rings is 1. The van der Waals surface area contributed by atoms with Gasteiger partial charge in [0.1, 0.15) is 11.4 Å². The van der Waals surface area contributed by atoms with E-state index in [1.54, 1.807) is 7.11 Å². The summed E-state index contributed by atoms with van der Waals surface area (Å²) in [5.74, 6) is -0.329. The minimum atomic E-state index is -0.569. The van der Waals surface area contributed by atoms with Crippen molar-refractivity contribution in [1.82, 2.24) is 4.90 Å². The number of carbonyl (C=O) groups is 2. The summed E-state index contributed by atoms with van der Waals surface area (Å²) in [6, 6.07) is 5.78. The third-order valence-corrected chi connectivity index (χ3v) is 5.12. The number of methoxy groups -OCH3 is 2. The van der Waals surface area contributed by atoms with Gasteiger partial charge in [-0.05, 0) is 31.4 Å². The number of ether oxygens (including phenoxy) is 2. The summed E-state index contributed by atoms with van der Waals surface area (Å²) >= 11 is 0. The summed E-state index contributed by atoms with van der Waals surface area (Å²) in [5.41, 5.74) is 2.07. The monoisotopic (exact) mass is 389 g/mol. The highest BCUT2D eigenvalue weighted by atomic mass is 16.5. The van der Waals surface area contributed by atoms with Crippen molar-refractivity contribution in [3.8, 4) is 5.75 Å². The molecule has 1 fully saturated rings. The van der Waals surface area contributed by atoms with Gasteiger partial charge in [0.2, 0.25) is 0 Å². The normalized spacial score (nSPS) is 17.2. The number of nitrogens with zero attached hydrogens (tertiary/aromatic N) is 2. The number of aliphatic hydroxyl groups is 1. The summed E-state index contributed by atoms with van der Waals surface area (Å²) in [4.78, 5) is 28.5. The number of hydrogen-bond donors (Lipinski definition) is 2. The molecule has 3 rings (SSSR count). The standard InChI is InChI=1S/C20H27N3O5/c1-27-17-12-14(22-8-4-3-5-9-22)6-7-16(17)21-18-15(20(26)28-2)13-23(10-11-24)19(18)25/h6-7,12,21,24H,3-5,8-11,13H2,1-2H3. The first-order valence-electron chi connectivity index (χ1n) is 9.50. The van der Waals surface area contributed by atoms with Crippen LogP contribution in [0.4, 0.5) is 11.4 Å². The summed E-state index contributed by atoms with van der Waals surface area (Å²) in [7, 11) is 2.85. The van der Waals surface area contributed by atoms with E-state index in [1.165, 1.54) is 31.3 Å². The molecule has 0 bridgehead atoms. The van der Waals surface area contributed by atoms with Gasteiger partial charge in [0, 0.05) is 31.4 Å². The molecule has 2 aliphatic rings. The zero-order valence-corrected chi connectivity index (χ0v) is 16.4. The first-order chi connectivity index (χ1) is 13.6. The van der Waals surface area contributed by atoms with Crippen molar-refractivity contribution in [1.29, 1.82) is 0 Å². The molecule has 1 saturated heterocycles. The van der Waals surface area contributed by atoms with Crippen LogP contribution in [0.5, 0.6) is 5.75 Å². The zero-order valence-electron chi connectivity index (χ0n) is 16.4. The van der Waals surface area contributed by atoms with E-state index in [4.69, 9.17) is 14.6 Å². The number of aliphatic hydroxyl groups excluding tert-OH is 1. The Balaban J connectivity index is 1.87. The lowest BCUT2D eigenvalue weighted by molar-refractivity contribution is -0.136. The van der Waals surface area contributed by atoms with Crippen LogP contribution in [0.3, 0.4) is 0 Å². The van der Waals surface area contributed by atoms with Crippen molar-refractivity contribution in [2.75, 3.05) is 57.2 Å². The number of β-amino-alcohol motifs (C(OH)–C–C–N with tert-alkyl or cyclic N) is 1. The minimum absolute atomic E-state index is 0.0998. The number of rotatable bonds is 7. The van der Waals surface area contributed by atoms with Crippen LogP contribution in [0.2, 0.25) is 0 Å². The summed E-state index contributed by atoms with van der Waals surface area (Å²) in [5, 5.41) is 12.2. The fourth-order valence-corrected chi connectivity index (χ4v) is 3.62. The lowest BCUT2D eigenvalue weighted by atomic mass is 10.1. The Morgan fingerprint density at radius 2 is 1.96 bits per heavy atom. The maximum absolute atomic E-state index is 12.7. The Bertz CT molecular complexity index is 771. The van der Waals surface area contributed by atoms with E-state index in [2.05, 4.69) is 10.2 Å². The second-order valence-electron chi connectivity index (χ2n) is 6.85. The van der Waals surface area contributed by atoms with Gasteiger partial charge in [-0.25, -0.2) is 4.79 Å². The van der Waals surface area contributed by atoms with Crippen molar-refractivity contribution >= 4 is 23.3 Å². The van der Waals surface area contributed by atoms with Gasteiger partial charge in [-0.2, -0.15) is 0 Å². The molecule has 1 aromatic rings.